The molecule has 3 nitrogen and oxygen atoms in total. The van der Waals surface area contributed by atoms with Crippen molar-refractivity contribution in [1.82, 2.24) is 0 Å². The Balaban J connectivity index is 1.09. The van der Waals surface area contributed by atoms with E-state index in [1.807, 2.05) is 6.08 Å². The van der Waals surface area contributed by atoms with Crippen LogP contribution in [0.2, 0.25) is 0 Å². The zero-order chi connectivity index (χ0) is 27.0. The van der Waals surface area contributed by atoms with E-state index in [-0.39, 0.29) is 28.8 Å². The molecule has 4 rings (SSSR count). The number of unbranched alkanes of at least 4 members (excludes halogenated alkanes) is 13. The fourth-order valence-electron chi connectivity index (χ4n) is 8.83. The van der Waals surface area contributed by atoms with Gasteiger partial charge in [0.25, 0.3) is 0 Å². The molecule has 0 aliphatic heterocycles. The van der Waals surface area contributed by atoms with E-state index in [1.165, 1.54) is 95.5 Å². The summed E-state index contributed by atoms with van der Waals surface area (Å²) in [5.74, 6) is 1.49. The minimum Gasteiger partial charge on any atom is -0.378 e. The number of carbonyl (C=O) groups excluding carboxylic acids is 2. The van der Waals surface area contributed by atoms with E-state index < -0.39 is 0 Å². The number of Topliss-reactive ketones (excluding diaryl/α,β-unsaturated/α-hetero) is 1. The maximum atomic E-state index is 13.4. The Hall–Kier alpha value is -0.960. The Morgan fingerprint density at radius 2 is 1.29 bits per heavy atom. The third-order valence-corrected chi connectivity index (χ3v) is 11.5. The molecule has 0 aromatic carbocycles. The van der Waals surface area contributed by atoms with Crippen LogP contribution in [-0.4, -0.2) is 24.3 Å². The Morgan fingerprint density at radius 1 is 0.737 bits per heavy atom. The Morgan fingerprint density at radius 3 is 1.92 bits per heavy atom. The van der Waals surface area contributed by atoms with E-state index in [1.54, 1.807) is 0 Å². The van der Waals surface area contributed by atoms with E-state index in [0.717, 1.165) is 45.1 Å². The van der Waals surface area contributed by atoms with Gasteiger partial charge in [-0.25, -0.2) is 0 Å². The fourth-order valence-corrected chi connectivity index (χ4v) is 8.83. The molecule has 4 aliphatic carbocycles. The van der Waals surface area contributed by atoms with Gasteiger partial charge in [0.2, 0.25) is 0 Å². The van der Waals surface area contributed by atoms with Crippen molar-refractivity contribution in [3.05, 3.63) is 11.6 Å². The van der Waals surface area contributed by atoms with Crippen molar-refractivity contribution < 1.29 is 14.3 Å². The molecular weight excluding hydrogens is 468 g/mol. The van der Waals surface area contributed by atoms with Crippen LogP contribution in [0, 0.1) is 28.6 Å². The van der Waals surface area contributed by atoms with Gasteiger partial charge < -0.3 is 4.74 Å². The van der Waals surface area contributed by atoms with Crippen LogP contribution < -0.4 is 0 Å². The molecule has 3 heteroatoms. The van der Waals surface area contributed by atoms with Gasteiger partial charge in [0.1, 0.15) is 5.78 Å². The van der Waals surface area contributed by atoms with Crippen LogP contribution in [0.25, 0.3) is 0 Å². The number of ether oxygens (including phenoxy) is 1. The third kappa shape index (κ3) is 6.84. The molecule has 0 saturated heterocycles. The average Bonchev–Trinajstić information content (AvgIpc) is 3.21. The summed E-state index contributed by atoms with van der Waals surface area (Å²) in [5, 5.41) is 0. The van der Waals surface area contributed by atoms with Crippen LogP contribution in [0.15, 0.2) is 11.6 Å². The highest BCUT2D eigenvalue weighted by atomic mass is 16.5. The molecule has 1 unspecified atom stereocenters. The molecule has 0 spiro atoms. The van der Waals surface area contributed by atoms with Crippen LogP contribution >= 0.6 is 0 Å². The largest absolute Gasteiger partial charge is 0.378 e. The SMILES string of the molecule is CCCCCCCCCCCCCCCCOC1CC[C@@]2(C)C(=CC(=O)[C@@H]3[C@@H]2CC[C@]2(C)C(=O)CC[C@@H]32)C1. The number of hydrogen-bond acceptors (Lipinski definition) is 3. The van der Waals surface area contributed by atoms with Crippen LogP contribution in [0.1, 0.15) is 156 Å². The maximum absolute atomic E-state index is 13.4. The Labute approximate surface area is 234 Å². The van der Waals surface area contributed by atoms with Crippen molar-refractivity contribution in [2.45, 2.75) is 162 Å². The molecule has 6 atom stereocenters. The summed E-state index contributed by atoms with van der Waals surface area (Å²) in [7, 11) is 0. The summed E-state index contributed by atoms with van der Waals surface area (Å²) in [4.78, 5) is 26.1. The van der Waals surface area contributed by atoms with Crippen molar-refractivity contribution >= 4 is 11.6 Å². The quantitative estimate of drug-likeness (QED) is 0.188. The average molecular weight is 527 g/mol. The highest BCUT2D eigenvalue weighted by Crippen LogP contribution is 2.63. The smallest absolute Gasteiger partial charge is 0.159 e. The van der Waals surface area contributed by atoms with Gasteiger partial charge in [0.15, 0.2) is 5.78 Å². The lowest BCUT2D eigenvalue weighted by Crippen LogP contribution is -2.53. The summed E-state index contributed by atoms with van der Waals surface area (Å²) in [6.07, 6.45) is 28.5. The second-order valence-electron chi connectivity index (χ2n) is 14.0. The molecule has 38 heavy (non-hydrogen) atoms. The van der Waals surface area contributed by atoms with Crippen LogP contribution in [0.3, 0.4) is 0 Å². The van der Waals surface area contributed by atoms with E-state index in [9.17, 15) is 9.59 Å². The summed E-state index contributed by atoms with van der Waals surface area (Å²) in [5.41, 5.74) is 1.24. The molecule has 4 aliphatic rings. The highest BCUT2D eigenvalue weighted by molar-refractivity contribution is 5.96. The summed E-state index contributed by atoms with van der Waals surface area (Å²) >= 11 is 0. The van der Waals surface area contributed by atoms with Gasteiger partial charge in [-0.2, -0.15) is 0 Å². The standard InChI is InChI=1S/C35H58O3/c1-4-5-6-7-8-9-10-11-12-13-14-15-16-17-24-38-28-20-22-34(2)27(25-28)26-31(36)33-29-18-19-32(37)35(29,3)23-21-30(33)34/h26,28-30,33H,4-25H2,1-3H3/t28?,29-,30-,33-,34-,35-/m0/s1. The van der Waals surface area contributed by atoms with Crippen molar-refractivity contribution in [2.24, 2.45) is 28.6 Å². The first-order chi connectivity index (χ1) is 18.4. The number of carbonyl (C=O) groups is 2. The number of hydrogen-bond donors (Lipinski definition) is 0. The lowest BCUT2D eigenvalue weighted by molar-refractivity contribution is -0.140. The molecule has 216 valence electrons. The number of allylic oxidation sites excluding steroid dienone is 1. The van der Waals surface area contributed by atoms with Gasteiger partial charge in [-0.15, -0.1) is 0 Å². The first-order valence-electron chi connectivity index (χ1n) is 16.8. The van der Waals surface area contributed by atoms with Crippen LogP contribution in [0.5, 0.6) is 0 Å². The third-order valence-electron chi connectivity index (χ3n) is 11.5. The molecule has 3 saturated carbocycles. The lowest BCUT2D eigenvalue weighted by Gasteiger charge is -2.56. The monoisotopic (exact) mass is 526 g/mol. The maximum Gasteiger partial charge on any atom is 0.159 e. The fraction of sp³-hybridized carbons (Fsp3) is 0.886. The van der Waals surface area contributed by atoms with E-state index in [2.05, 4.69) is 20.8 Å². The first kappa shape index (κ1) is 30.0. The van der Waals surface area contributed by atoms with Gasteiger partial charge in [-0.05, 0) is 68.3 Å². The predicted molar refractivity (Wildman–Crippen MR) is 157 cm³/mol. The molecule has 0 bridgehead atoms. The van der Waals surface area contributed by atoms with E-state index in [0.29, 0.717) is 23.9 Å². The number of ketones is 2. The molecule has 0 aromatic rings. The van der Waals surface area contributed by atoms with Gasteiger partial charge in [-0.3, -0.25) is 9.59 Å². The molecule has 0 N–H and O–H groups in total. The summed E-state index contributed by atoms with van der Waals surface area (Å²) < 4.78 is 6.36. The summed E-state index contributed by atoms with van der Waals surface area (Å²) in [6, 6.07) is 0. The molecule has 0 heterocycles. The van der Waals surface area contributed by atoms with E-state index in [4.69, 9.17) is 4.74 Å². The van der Waals surface area contributed by atoms with Gasteiger partial charge >= 0.3 is 0 Å². The number of fused-ring (bicyclic) bond motifs is 5. The van der Waals surface area contributed by atoms with Crippen molar-refractivity contribution in [1.29, 1.82) is 0 Å². The highest BCUT2D eigenvalue weighted by Gasteiger charge is 2.60. The zero-order valence-electron chi connectivity index (χ0n) is 25.2. The lowest BCUT2D eigenvalue weighted by atomic mass is 9.48. The second kappa shape index (κ2) is 14.1. The first-order valence-corrected chi connectivity index (χ1v) is 16.8. The number of rotatable bonds is 16. The summed E-state index contributed by atoms with van der Waals surface area (Å²) in [6.45, 7) is 7.73. The minimum absolute atomic E-state index is 0.0713. The van der Waals surface area contributed by atoms with Crippen LogP contribution in [-0.2, 0) is 14.3 Å². The van der Waals surface area contributed by atoms with Gasteiger partial charge in [0, 0.05) is 24.4 Å². The zero-order valence-corrected chi connectivity index (χ0v) is 25.2. The Kier molecular flexibility index (Phi) is 11.1. The second-order valence-corrected chi connectivity index (χ2v) is 14.0. The topological polar surface area (TPSA) is 43.4 Å². The predicted octanol–water partition coefficient (Wildman–Crippen LogP) is 9.56. The minimum atomic E-state index is -0.244. The Bertz CT molecular complexity index is 814. The molecule has 3 fully saturated rings. The molecular formula is C35H58O3. The normalized spacial score (nSPS) is 34.6. The molecule has 0 amide bonds. The molecule has 0 radical (unpaired) electrons. The van der Waals surface area contributed by atoms with Crippen molar-refractivity contribution in [2.75, 3.05) is 6.61 Å². The van der Waals surface area contributed by atoms with Crippen LogP contribution in [0.4, 0.5) is 0 Å². The molecule has 0 aromatic heterocycles. The van der Waals surface area contributed by atoms with Gasteiger partial charge in [-0.1, -0.05) is 110 Å². The van der Waals surface area contributed by atoms with Crippen molar-refractivity contribution in [3.63, 3.8) is 0 Å². The van der Waals surface area contributed by atoms with Gasteiger partial charge in [0.05, 0.1) is 6.10 Å². The van der Waals surface area contributed by atoms with Crippen molar-refractivity contribution in [3.8, 4) is 0 Å². The van der Waals surface area contributed by atoms with E-state index >= 15 is 0 Å².